The summed E-state index contributed by atoms with van der Waals surface area (Å²) in [5.74, 6) is 0. The summed E-state index contributed by atoms with van der Waals surface area (Å²) in [6.07, 6.45) is 14.2. The van der Waals surface area contributed by atoms with Gasteiger partial charge in [0.05, 0.1) is 5.70 Å². The zero-order valence-corrected chi connectivity index (χ0v) is 5.90. The third-order valence-corrected chi connectivity index (χ3v) is 1.15. The molecule has 0 fully saturated rings. The third-order valence-electron chi connectivity index (χ3n) is 1.15. The van der Waals surface area contributed by atoms with Crippen LogP contribution in [-0.4, -0.2) is 6.08 Å². The van der Waals surface area contributed by atoms with Gasteiger partial charge >= 0.3 is 0 Å². The summed E-state index contributed by atoms with van der Waals surface area (Å²) in [5, 5.41) is 0. The van der Waals surface area contributed by atoms with Crippen LogP contribution in [0.1, 0.15) is 0 Å². The van der Waals surface area contributed by atoms with Gasteiger partial charge in [0.2, 0.25) is 6.08 Å². The molecule has 0 saturated carbocycles. The Hall–Kier alpha value is -1.66. The largest absolute Gasteiger partial charge is 0.240 e. The fourth-order valence-corrected chi connectivity index (χ4v) is 0.684. The maximum atomic E-state index is 9.86. The average molecular weight is 145 g/mol. The molecule has 0 aromatic carbocycles. The molecule has 1 aliphatic carbocycles. The van der Waals surface area contributed by atoms with E-state index in [-0.39, 0.29) is 0 Å². The van der Waals surface area contributed by atoms with Crippen molar-refractivity contribution in [2.75, 3.05) is 0 Å². The minimum absolute atomic E-state index is 0.612. The number of carbonyl (C=O) groups excluding carboxylic acids is 1. The lowest BCUT2D eigenvalue weighted by Gasteiger charge is -1.87. The Morgan fingerprint density at radius 1 is 1.09 bits per heavy atom. The Morgan fingerprint density at radius 2 is 1.82 bits per heavy atom. The zero-order chi connectivity index (χ0) is 7.94. The lowest BCUT2D eigenvalue weighted by Crippen LogP contribution is -1.71. The van der Waals surface area contributed by atoms with Crippen LogP contribution in [0.3, 0.4) is 0 Å². The maximum Gasteiger partial charge on any atom is 0.240 e. The highest BCUT2D eigenvalue weighted by Gasteiger charge is 1.84. The number of allylic oxidation sites excluding steroid dienone is 7. The van der Waals surface area contributed by atoms with Gasteiger partial charge in [-0.15, -0.1) is 0 Å². The Morgan fingerprint density at radius 3 is 2.64 bits per heavy atom. The fraction of sp³-hybridized carbons (Fsp3) is 0. The van der Waals surface area contributed by atoms with Crippen LogP contribution in [0.25, 0.3) is 0 Å². The molecule has 0 amide bonds. The first-order chi connectivity index (χ1) is 5.43. The van der Waals surface area contributed by atoms with Crippen molar-refractivity contribution in [3.05, 3.63) is 48.2 Å². The van der Waals surface area contributed by atoms with Gasteiger partial charge in [0.1, 0.15) is 0 Å². The van der Waals surface area contributed by atoms with E-state index >= 15 is 0 Å². The van der Waals surface area contributed by atoms with Crippen LogP contribution in [-0.2, 0) is 4.79 Å². The predicted octanol–water partition coefficient (Wildman–Crippen LogP) is 1.89. The summed E-state index contributed by atoms with van der Waals surface area (Å²) < 4.78 is 0. The fourth-order valence-electron chi connectivity index (χ4n) is 0.684. The highest BCUT2D eigenvalue weighted by atomic mass is 16.1. The second-order valence-corrected chi connectivity index (χ2v) is 1.92. The third kappa shape index (κ3) is 2.61. The number of rotatable bonds is 1. The summed E-state index contributed by atoms with van der Waals surface area (Å²) in [6.45, 7) is 0. The second-order valence-electron chi connectivity index (χ2n) is 1.92. The first-order valence-electron chi connectivity index (χ1n) is 3.23. The summed E-state index contributed by atoms with van der Waals surface area (Å²) in [5.41, 5.74) is 0.612. The van der Waals surface area contributed by atoms with Crippen LogP contribution in [0, 0.1) is 0 Å². The summed E-state index contributed by atoms with van der Waals surface area (Å²) in [6, 6.07) is 0. The van der Waals surface area contributed by atoms with Crippen LogP contribution in [0.4, 0.5) is 0 Å². The van der Waals surface area contributed by atoms with E-state index in [0.29, 0.717) is 5.70 Å². The molecule has 11 heavy (non-hydrogen) atoms. The van der Waals surface area contributed by atoms with E-state index in [4.69, 9.17) is 0 Å². The first kappa shape index (κ1) is 7.45. The van der Waals surface area contributed by atoms with Crippen molar-refractivity contribution in [3.63, 3.8) is 0 Å². The molecule has 0 saturated heterocycles. The molecule has 0 aliphatic heterocycles. The van der Waals surface area contributed by atoms with Gasteiger partial charge in [-0.1, -0.05) is 30.4 Å². The van der Waals surface area contributed by atoms with E-state index in [1.165, 1.54) is 6.08 Å². The molecule has 1 rings (SSSR count). The lowest BCUT2D eigenvalue weighted by atomic mass is 10.3. The van der Waals surface area contributed by atoms with Crippen LogP contribution >= 0.6 is 0 Å². The summed E-state index contributed by atoms with van der Waals surface area (Å²) in [7, 11) is 0. The summed E-state index contributed by atoms with van der Waals surface area (Å²) >= 11 is 0. The minimum atomic E-state index is 0.612. The molecule has 0 radical (unpaired) electrons. The molecule has 0 spiro atoms. The van der Waals surface area contributed by atoms with Gasteiger partial charge in [-0.05, 0) is 12.2 Å². The first-order valence-corrected chi connectivity index (χ1v) is 3.23. The summed E-state index contributed by atoms with van der Waals surface area (Å²) in [4.78, 5) is 13.3. The number of hydrogen-bond acceptors (Lipinski definition) is 2. The molecule has 0 N–H and O–H groups in total. The van der Waals surface area contributed by atoms with Crippen molar-refractivity contribution in [1.29, 1.82) is 0 Å². The molecule has 2 nitrogen and oxygen atoms in total. The van der Waals surface area contributed by atoms with Gasteiger partial charge in [0.15, 0.2) is 0 Å². The van der Waals surface area contributed by atoms with Gasteiger partial charge in [-0.3, -0.25) is 0 Å². The number of nitrogens with zero attached hydrogens (tertiary/aromatic N) is 1. The van der Waals surface area contributed by atoms with Gasteiger partial charge in [0.25, 0.3) is 0 Å². The molecule has 2 heteroatoms. The average Bonchev–Trinajstić information content (AvgIpc) is 1.94. The number of isocyanates is 1. The normalized spacial score (nSPS) is 14.7. The molecule has 0 heterocycles. The standard InChI is InChI=1S/C9H7NO/c11-8-10-9-6-4-2-1-3-5-7-9/h1-7H. The maximum absolute atomic E-state index is 9.86. The van der Waals surface area contributed by atoms with E-state index in [1.54, 1.807) is 12.2 Å². The Kier molecular flexibility index (Phi) is 2.85. The Labute approximate surface area is 65.0 Å². The van der Waals surface area contributed by atoms with Gasteiger partial charge in [-0.2, -0.15) is 4.99 Å². The Bertz CT molecular complexity index is 289. The Balaban J connectivity index is 2.86. The smallest absolute Gasteiger partial charge is 0.211 e. The molecule has 1 aliphatic rings. The molecule has 0 aromatic rings. The molecule has 0 unspecified atom stereocenters. The van der Waals surface area contributed by atoms with Crippen molar-refractivity contribution in [2.24, 2.45) is 4.99 Å². The van der Waals surface area contributed by atoms with E-state index < -0.39 is 0 Å². The SMILES string of the molecule is O=C=NC1=CC=CC=CC=C1. The zero-order valence-electron chi connectivity index (χ0n) is 5.90. The monoisotopic (exact) mass is 145 g/mol. The second kappa shape index (κ2) is 4.20. The molecular weight excluding hydrogens is 138 g/mol. The predicted molar refractivity (Wildman–Crippen MR) is 43.6 cm³/mol. The highest BCUT2D eigenvalue weighted by molar-refractivity contribution is 5.41. The van der Waals surface area contributed by atoms with Crippen molar-refractivity contribution in [3.8, 4) is 0 Å². The van der Waals surface area contributed by atoms with E-state index in [2.05, 4.69) is 4.99 Å². The van der Waals surface area contributed by atoms with Crippen LogP contribution in [0.5, 0.6) is 0 Å². The van der Waals surface area contributed by atoms with E-state index in [1.807, 2.05) is 30.4 Å². The quantitative estimate of drug-likeness (QED) is 0.409. The van der Waals surface area contributed by atoms with Crippen LogP contribution in [0.15, 0.2) is 53.2 Å². The van der Waals surface area contributed by atoms with E-state index in [9.17, 15) is 4.79 Å². The molecule has 0 aromatic heterocycles. The van der Waals surface area contributed by atoms with Crippen LogP contribution < -0.4 is 0 Å². The number of aliphatic imine (C=N–C) groups is 1. The molecule has 54 valence electrons. The van der Waals surface area contributed by atoms with Crippen molar-refractivity contribution < 1.29 is 4.79 Å². The number of hydrogen-bond donors (Lipinski definition) is 0. The topological polar surface area (TPSA) is 29.4 Å². The van der Waals surface area contributed by atoms with Crippen molar-refractivity contribution >= 4 is 6.08 Å². The molecular formula is C9H7NO. The van der Waals surface area contributed by atoms with Crippen molar-refractivity contribution in [1.82, 2.24) is 0 Å². The lowest BCUT2D eigenvalue weighted by molar-refractivity contribution is 0.565. The van der Waals surface area contributed by atoms with Crippen molar-refractivity contribution in [2.45, 2.75) is 0 Å². The van der Waals surface area contributed by atoms with Crippen LogP contribution in [0.2, 0.25) is 0 Å². The van der Waals surface area contributed by atoms with E-state index in [0.717, 1.165) is 0 Å². The highest BCUT2D eigenvalue weighted by Crippen LogP contribution is 2.01. The van der Waals surface area contributed by atoms with Gasteiger partial charge in [-0.25, -0.2) is 4.79 Å². The van der Waals surface area contributed by atoms with Gasteiger partial charge in [0, 0.05) is 0 Å². The van der Waals surface area contributed by atoms with Gasteiger partial charge < -0.3 is 0 Å². The molecule has 0 atom stereocenters. The minimum Gasteiger partial charge on any atom is -0.211 e. The molecule has 0 bridgehead atoms.